The summed E-state index contributed by atoms with van der Waals surface area (Å²) in [6.45, 7) is 2.29. The van der Waals surface area contributed by atoms with Gasteiger partial charge in [-0.25, -0.2) is 4.57 Å². The Kier molecular flexibility index (Phi) is 4.49. The summed E-state index contributed by atoms with van der Waals surface area (Å²) in [5.74, 6) is 0. The van der Waals surface area contributed by atoms with E-state index < -0.39 is 0 Å². The predicted octanol–water partition coefficient (Wildman–Crippen LogP) is 9.51. The quantitative estimate of drug-likeness (QED) is 0.138. The number of rotatable bonds is 0. The number of hydrogen-bond acceptors (Lipinski definition) is 0. The van der Waals surface area contributed by atoms with Gasteiger partial charge in [-0.15, -0.1) is 0 Å². The zero-order valence-electron chi connectivity index (χ0n) is 23.0. The van der Waals surface area contributed by atoms with Crippen molar-refractivity contribution in [3.05, 3.63) is 133 Å². The molecule has 2 heteroatoms. The summed E-state index contributed by atoms with van der Waals surface area (Å²) >= 11 is 0. The second kappa shape index (κ2) is 8.16. The van der Waals surface area contributed by atoms with Crippen LogP contribution in [0.2, 0.25) is 0 Å². The Bertz CT molecular complexity index is 2390. The first-order chi connectivity index (χ1) is 20.2. The van der Waals surface area contributed by atoms with Crippen LogP contribution in [0.15, 0.2) is 127 Å². The number of aryl methyl sites for hydroxylation is 2. The maximum Gasteiger partial charge on any atom is 0.295 e. The summed E-state index contributed by atoms with van der Waals surface area (Å²) in [7, 11) is 2.21. The normalized spacial score (nSPS) is 12.1. The summed E-state index contributed by atoms with van der Waals surface area (Å²) in [6.07, 6.45) is 0. The molecule has 0 atom stereocenters. The number of fused-ring (bicyclic) bond motifs is 17. The molecule has 1 aliphatic carbocycles. The first-order valence-corrected chi connectivity index (χ1v) is 14.3. The number of imidazole rings is 1. The molecule has 9 rings (SSSR count). The summed E-state index contributed by atoms with van der Waals surface area (Å²) in [6, 6.07) is 46.9. The Morgan fingerprint density at radius 1 is 0.488 bits per heavy atom. The number of nitrogens with zero attached hydrogens (tertiary/aromatic N) is 2. The van der Waals surface area contributed by atoms with Crippen LogP contribution in [0, 0.1) is 6.92 Å². The molecule has 0 bridgehead atoms. The van der Waals surface area contributed by atoms with Crippen LogP contribution >= 0.6 is 0 Å². The molecule has 0 N–H and O–H groups in total. The highest BCUT2D eigenvalue weighted by atomic mass is 15.1. The van der Waals surface area contributed by atoms with E-state index in [-0.39, 0.29) is 0 Å². The highest BCUT2D eigenvalue weighted by molar-refractivity contribution is 6.24. The third-order valence-corrected chi connectivity index (χ3v) is 9.10. The van der Waals surface area contributed by atoms with Crippen LogP contribution in [0.25, 0.3) is 82.9 Å². The maximum absolute atomic E-state index is 2.46. The van der Waals surface area contributed by atoms with E-state index in [9.17, 15) is 0 Å². The van der Waals surface area contributed by atoms with Crippen LogP contribution < -0.4 is 4.57 Å². The molecule has 0 saturated heterocycles. The first-order valence-electron chi connectivity index (χ1n) is 14.3. The smallest absolute Gasteiger partial charge is 0.225 e. The van der Waals surface area contributed by atoms with Crippen molar-refractivity contribution >= 4 is 38.4 Å². The van der Waals surface area contributed by atoms with Crippen molar-refractivity contribution in [2.75, 3.05) is 0 Å². The van der Waals surface area contributed by atoms with Gasteiger partial charge in [-0.2, -0.15) is 4.40 Å². The highest BCUT2D eigenvalue weighted by Gasteiger charge is 2.30. The Morgan fingerprint density at radius 3 is 1.63 bits per heavy atom. The SMILES string of the molecule is Cc1cc2c(c3c4ccccc4n4c5ccccc5[n+](C)c4c13)-c1ccccc1-c1ccccc1-c1ccccc1-2. The van der Waals surface area contributed by atoms with Crippen LogP contribution in [0.4, 0.5) is 0 Å². The molecule has 6 aromatic carbocycles. The number of aromatic nitrogens is 2. The van der Waals surface area contributed by atoms with Gasteiger partial charge in [0.15, 0.2) is 11.0 Å². The Morgan fingerprint density at radius 2 is 0.976 bits per heavy atom. The minimum atomic E-state index is 1.23. The molecule has 0 saturated carbocycles. The van der Waals surface area contributed by atoms with Gasteiger partial charge in [0, 0.05) is 10.8 Å². The fourth-order valence-corrected chi connectivity index (χ4v) is 7.43. The van der Waals surface area contributed by atoms with E-state index in [1.807, 2.05) is 0 Å². The lowest BCUT2D eigenvalue weighted by atomic mass is 9.78. The monoisotopic (exact) mass is 523 g/mol. The molecule has 1 aliphatic rings. The molecule has 0 unspecified atom stereocenters. The molecule has 0 radical (unpaired) electrons. The van der Waals surface area contributed by atoms with E-state index in [4.69, 9.17) is 0 Å². The predicted molar refractivity (Wildman–Crippen MR) is 171 cm³/mol. The Labute approximate surface area is 238 Å². The van der Waals surface area contributed by atoms with Crippen LogP contribution in [0.1, 0.15) is 5.56 Å². The number of para-hydroxylation sites is 3. The van der Waals surface area contributed by atoms with Crippen molar-refractivity contribution in [2.24, 2.45) is 7.05 Å². The summed E-state index contributed by atoms with van der Waals surface area (Å²) < 4.78 is 4.84. The van der Waals surface area contributed by atoms with Crippen LogP contribution in [-0.4, -0.2) is 4.40 Å². The number of pyridine rings is 1. The van der Waals surface area contributed by atoms with E-state index >= 15 is 0 Å². The molecule has 0 aliphatic heterocycles. The number of benzene rings is 6. The highest BCUT2D eigenvalue weighted by Crippen LogP contribution is 2.51. The van der Waals surface area contributed by atoms with Crippen molar-refractivity contribution in [3.63, 3.8) is 0 Å². The molecule has 41 heavy (non-hydrogen) atoms. The summed E-state index contributed by atoms with van der Waals surface area (Å²) in [4.78, 5) is 0. The van der Waals surface area contributed by atoms with E-state index in [0.29, 0.717) is 0 Å². The standard InChI is InChI=1S/C39H27N2/c1-24-23-32-29-17-6-5-15-27(29)25-13-3-4-14-26(25)28-16-7-8-18-30(28)37(32)38-31-19-9-10-20-33(31)41-35-22-12-11-21-34(35)40(2)39(41)36(24)38/h3-23H,1-2H3/q+1. The summed E-state index contributed by atoms with van der Waals surface area (Å²) in [5.41, 5.74) is 16.5. The zero-order valence-corrected chi connectivity index (χ0v) is 23.0. The van der Waals surface area contributed by atoms with Crippen molar-refractivity contribution < 1.29 is 4.57 Å². The lowest BCUT2D eigenvalue weighted by Gasteiger charge is -2.25. The van der Waals surface area contributed by atoms with Crippen molar-refractivity contribution in [1.29, 1.82) is 0 Å². The Balaban J connectivity index is 1.62. The van der Waals surface area contributed by atoms with E-state index in [1.54, 1.807) is 0 Å². The van der Waals surface area contributed by atoms with Crippen molar-refractivity contribution in [3.8, 4) is 44.5 Å². The van der Waals surface area contributed by atoms with Gasteiger partial charge in [-0.1, -0.05) is 103 Å². The third kappa shape index (κ3) is 2.89. The minimum absolute atomic E-state index is 1.23. The lowest BCUT2D eigenvalue weighted by Crippen LogP contribution is -2.27. The Hall–Kier alpha value is -5.21. The second-order valence-electron chi connectivity index (χ2n) is 11.2. The molecular weight excluding hydrogens is 496 g/mol. The van der Waals surface area contributed by atoms with E-state index in [0.717, 1.165) is 0 Å². The first kappa shape index (κ1) is 22.6. The molecule has 192 valence electrons. The zero-order chi connectivity index (χ0) is 27.2. The molecule has 8 aromatic rings. The van der Waals surface area contributed by atoms with Gasteiger partial charge in [0.2, 0.25) is 0 Å². The van der Waals surface area contributed by atoms with Crippen LogP contribution in [-0.2, 0) is 7.05 Å². The van der Waals surface area contributed by atoms with Crippen LogP contribution in [0.3, 0.4) is 0 Å². The largest absolute Gasteiger partial charge is 0.295 e. The number of hydrogen-bond donors (Lipinski definition) is 0. The third-order valence-electron chi connectivity index (χ3n) is 9.10. The molecule has 0 fully saturated rings. The van der Waals surface area contributed by atoms with Gasteiger partial charge >= 0.3 is 0 Å². The fraction of sp³-hybridized carbons (Fsp3) is 0.0513. The molecule has 0 amide bonds. The molecule has 2 heterocycles. The van der Waals surface area contributed by atoms with E-state index in [2.05, 4.69) is 150 Å². The average molecular weight is 524 g/mol. The van der Waals surface area contributed by atoms with Crippen molar-refractivity contribution in [2.45, 2.75) is 6.92 Å². The van der Waals surface area contributed by atoms with E-state index in [1.165, 1.54) is 88.4 Å². The van der Waals surface area contributed by atoms with Gasteiger partial charge in [-0.05, 0) is 81.3 Å². The molecular formula is C39H27N2+. The summed E-state index contributed by atoms with van der Waals surface area (Å²) in [5, 5.41) is 3.91. The van der Waals surface area contributed by atoms with Crippen molar-refractivity contribution in [1.82, 2.24) is 4.40 Å². The fourth-order valence-electron chi connectivity index (χ4n) is 7.43. The minimum Gasteiger partial charge on any atom is -0.225 e. The average Bonchev–Trinajstić information content (AvgIpc) is 3.32. The van der Waals surface area contributed by atoms with Gasteiger partial charge in [0.05, 0.1) is 12.4 Å². The second-order valence-corrected chi connectivity index (χ2v) is 11.2. The topological polar surface area (TPSA) is 8.29 Å². The maximum atomic E-state index is 2.46. The van der Waals surface area contributed by atoms with Gasteiger partial charge < -0.3 is 0 Å². The molecule has 2 aromatic heterocycles. The molecule has 2 nitrogen and oxygen atoms in total. The molecule has 0 spiro atoms. The van der Waals surface area contributed by atoms with Gasteiger partial charge in [0.25, 0.3) is 5.65 Å². The van der Waals surface area contributed by atoms with Crippen LogP contribution in [0.5, 0.6) is 0 Å². The van der Waals surface area contributed by atoms with Gasteiger partial charge in [-0.3, -0.25) is 0 Å². The lowest BCUT2D eigenvalue weighted by molar-refractivity contribution is -0.617. The van der Waals surface area contributed by atoms with Gasteiger partial charge in [0.1, 0.15) is 5.52 Å².